The highest BCUT2D eigenvalue weighted by atomic mass is 19.1. The number of nitrogens with zero attached hydrogens (tertiary/aromatic N) is 3. The fourth-order valence-electron chi connectivity index (χ4n) is 4.86. The molecule has 3 heterocycles. The zero-order valence-corrected chi connectivity index (χ0v) is 19.7. The molecule has 3 aromatic carbocycles. The summed E-state index contributed by atoms with van der Waals surface area (Å²) in [5.41, 5.74) is 6.48. The van der Waals surface area contributed by atoms with Gasteiger partial charge < -0.3 is 20.4 Å². The quantitative estimate of drug-likeness (QED) is 0.421. The van der Waals surface area contributed by atoms with E-state index >= 15 is 0 Å². The van der Waals surface area contributed by atoms with Crippen molar-refractivity contribution in [3.63, 3.8) is 0 Å². The van der Waals surface area contributed by atoms with Crippen LogP contribution in [0.25, 0.3) is 11.1 Å². The summed E-state index contributed by atoms with van der Waals surface area (Å²) in [4.78, 5) is 22.1. The Morgan fingerprint density at radius 3 is 2.44 bits per heavy atom. The molecule has 0 radical (unpaired) electrons. The molecular weight excluding hydrogens is 453 g/mol. The summed E-state index contributed by atoms with van der Waals surface area (Å²) in [5, 5.41) is 6.73. The first-order chi connectivity index (χ1) is 17.7. The number of benzene rings is 3. The number of amides is 1. The number of fused-ring (bicyclic) bond motifs is 2. The minimum atomic E-state index is -0.393. The van der Waals surface area contributed by atoms with Crippen LogP contribution in [0.2, 0.25) is 0 Å². The third-order valence-corrected chi connectivity index (χ3v) is 6.76. The Bertz CT molecular complexity index is 1400. The minimum Gasteiger partial charge on any atom is -0.369 e. The highest BCUT2D eigenvalue weighted by molar-refractivity contribution is 6.14. The van der Waals surface area contributed by atoms with Crippen LogP contribution in [0, 0.1) is 5.82 Å². The summed E-state index contributed by atoms with van der Waals surface area (Å²) < 4.78 is 14.3. The van der Waals surface area contributed by atoms with Crippen LogP contribution in [0.1, 0.15) is 15.9 Å². The number of carbonyl (C=O) groups excluding carboxylic acids is 1. The Kier molecular flexibility index (Phi) is 5.83. The van der Waals surface area contributed by atoms with E-state index in [0.29, 0.717) is 22.6 Å². The lowest BCUT2D eigenvalue weighted by molar-refractivity contribution is 0.0986. The molecule has 6 rings (SSSR count). The van der Waals surface area contributed by atoms with Crippen molar-refractivity contribution in [1.29, 1.82) is 0 Å². The molecule has 0 bridgehead atoms. The fraction of sp³-hybridized carbons (Fsp3) is 0.172. The maximum absolute atomic E-state index is 14.3. The summed E-state index contributed by atoms with van der Waals surface area (Å²) >= 11 is 0. The molecule has 36 heavy (non-hydrogen) atoms. The first-order valence-corrected chi connectivity index (χ1v) is 12.1. The van der Waals surface area contributed by atoms with Gasteiger partial charge in [-0.2, -0.15) is 0 Å². The SMILES string of the molecule is O=C1c2cc(-c3ccc(N4CCNCC4)cc3)ccc2Nc2ccc(F)cc2N1Cc1cccnc1. The number of piperazine rings is 1. The number of rotatable bonds is 4. The Hall–Kier alpha value is -4.23. The molecule has 180 valence electrons. The Balaban J connectivity index is 1.36. The second-order valence-corrected chi connectivity index (χ2v) is 9.08. The second-order valence-electron chi connectivity index (χ2n) is 9.08. The van der Waals surface area contributed by atoms with Crippen molar-refractivity contribution in [1.82, 2.24) is 10.3 Å². The van der Waals surface area contributed by atoms with E-state index in [0.717, 1.165) is 42.9 Å². The second kappa shape index (κ2) is 9.43. The molecule has 1 saturated heterocycles. The molecule has 1 aromatic heterocycles. The number of anilines is 4. The molecule has 2 N–H and O–H groups in total. The number of halogens is 1. The molecule has 1 amide bonds. The van der Waals surface area contributed by atoms with Crippen LogP contribution in [-0.2, 0) is 6.54 Å². The first kappa shape index (κ1) is 22.2. The molecule has 2 aliphatic heterocycles. The van der Waals surface area contributed by atoms with Crippen LogP contribution in [0.3, 0.4) is 0 Å². The molecular formula is C29H26FN5O. The molecule has 0 aliphatic carbocycles. The van der Waals surface area contributed by atoms with Gasteiger partial charge in [-0.1, -0.05) is 24.3 Å². The molecule has 4 aromatic rings. The van der Waals surface area contributed by atoms with E-state index in [1.807, 2.05) is 30.3 Å². The van der Waals surface area contributed by atoms with Gasteiger partial charge in [-0.25, -0.2) is 4.39 Å². The lowest BCUT2D eigenvalue weighted by Crippen LogP contribution is -2.43. The average molecular weight is 480 g/mol. The van der Waals surface area contributed by atoms with E-state index < -0.39 is 5.82 Å². The maximum Gasteiger partial charge on any atom is 0.260 e. The largest absolute Gasteiger partial charge is 0.369 e. The number of hydrogen-bond acceptors (Lipinski definition) is 5. The zero-order valence-electron chi connectivity index (χ0n) is 19.7. The van der Waals surface area contributed by atoms with Crippen LogP contribution in [0.5, 0.6) is 0 Å². The standard InChI is InChI=1S/C29H26FN5O/c30-23-6-10-27-28(17-23)35(19-20-2-1-11-32-18-20)29(36)25-16-22(5-9-26(25)33-27)21-3-7-24(8-4-21)34-14-12-31-13-15-34/h1-11,16-18,31,33H,12-15,19H2. The van der Waals surface area contributed by atoms with Gasteiger partial charge in [0.05, 0.1) is 29.2 Å². The number of nitrogens with one attached hydrogen (secondary N) is 2. The van der Waals surface area contributed by atoms with Gasteiger partial charge in [-0.3, -0.25) is 9.78 Å². The summed E-state index contributed by atoms with van der Waals surface area (Å²) in [6.07, 6.45) is 3.42. The number of aromatic nitrogens is 1. The van der Waals surface area contributed by atoms with Gasteiger partial charge in [-0.05, 0) is 65.2 Å². The number of hydrogen-bond donors (Lipinski definition) is 2. The third-order valence-electron chi connectivity index (χ3n) is 6.76. The van der Waals surface area contributed by atoms with Crippen LogP contribution in [0.4, 0.5) is 27.1 Å². The van der Waals surface area contributed by atoms with E-state index in [9.17, 15) is 9.18 Å². The number of pyridine rings is 1. The smallest absolute Gasteiger partial charge is 0.260 e. The van der Waals surface area contributed by atoms with Gasteiger partial charge in [0, 0.05) is 44.3 Å². The Morgan fingerprint density at radius 2 is 1.67 bits per heavy atom. The predicted octanol–water partition coefficient (Wildman–Crippen LogP) is 5.20. The molecule has 0 saturated carbocycles. The maximum atomic E-state index is 14.3. The van der Waals surface area contributed by atoms with E-state index in [4.69, 9.17) is 0 Å². The van der Waals surface area contributed by atoms with Crippen molar-refractivity contribution in [2.24, 2.45) is 0 Å². The van der Waals surface area contributed by atoms with E-state index in [1.165, 1.54) is 17.8 Å². The van der Waals surface area contributed by atoms with Crippen molar-refractivity contribution in [2.45, 2.75) is 6.54 Å². The normalized spacial score (nSPS) is 15.1. The van der Waals surface area contributed by atoms with Gasteiger partial charge in [0.2, 0.25) is 0 Å². The predicted molar refractivity (Wildman–Crippen MR) is 141 cm³/mol. The lowest BCUT2D eigenvalue weighted by atomic mass is 10.0. The lowest BCUT2D eigenvalue weighted by Gasteiger charge is -2.29. The van der Waals surface area contributed by atoms with Gasteiger partial charge >= 0.3 is 0 Å². The summed E-state index contributed by atoms with van der Waals surface area (Å²) in [5.74, 6) is -0.583. The highest BCUT2D eigenvalue weighted by Gasteiger charge is 2.28. The van der Waals surface area contributed by atoms with Crippen molar-refractivity contribution in [3.05, 3.63) is 102 Å². The summed E-state index contributed by atoms with van der Waals surface area (Å²) in [6.45, 7) is 4.25. The zero-order chi connectivity index (χ0) is 24.5. The minimum absolute atomic E-state index is 0.190. The van der Waals surface area contributed by atoms with Crippen LogP contribution >= 0.6 is 0 Å². The molecule has 0 atom stereocenters. The first-order valence-electron chi connectivity index (χ1n) is 12.1. The van der Waals surface area contributed by atoms with Crippen LogP contribution in [0.15, 0.2) is 85.2 Å². The van der Waals surface area contributed by atoms with Gasteiger partial charge in [-0.15, -0.1) is 0 Å². The van der Waals surface area contributed by atoms with Crippen molar-refractivity contribution in [2.75, 3.05) is 41.3 Å². The highest BCUT2D eigenvalue weighted by Crippen LogP contribution is 2.38. The summed E-state index contributed by atoms with van der Waals surface area (Å²) in [7, 11) is 0. The van der Waals surface area contributed by atoms with Gasteiger partial charge in [0.15, 0.2) is 0 Å². The molecule has 1 fully saturated rings. The molecule has 0 unspecified atom stereocenters. The monoisotopic (exact) mass is 479 g/mol. The topological polar surface area (TPSA) is 60.5 Å². The average Bonchev–Trinajstić information content (AvgIpc) is 3.04. The van der Waals surface area contributed by atoms with Crippen LogP contribution in [-0.4, -0.2) is 37.1 Å². The van der Waals surface area contributed by atoms with E-state index in [1.54, 1.807) is 23.4 Å². The molecule has 6 nitrogen and oxygen atoms in total. The molecule has 0 spiro atoms. The van der Waals surface area contributed by atoms with Gasteiger partial charge in [0.25, 0.3) is 5.91 Å². The molecule has 7 heteroatoms. The van der Waals surface area contributed by atoms with Crippen LogP contribution < -0.4 is 20.4 Å². The number of carbonyl (C=O) groups is 1. The fourth-order valence-corrected chi connectivity index (χ4v) is 4.86. The Morgan fingerprint density at radius 1 is 0.889 bits per heavy atom. The Labute approximate surface area is 209 Å². The van der Waals surface area contributed by atoms with Crippen molar-refractivity contribution >= 4 is 28.7 Å². The molecule has 2 aliphatic rings. The van der Waals surface area contributed by atoms with E-state index in [-0.39, 0.29) is 12.5 Å². The van der Waals surface area contributed by atoms with Crippen molar-refractivity contribution in [3.8, 4) is 11.1 Å². The van der Waals surface area contributed by atoms with Crippen molar-refractivity contribution < 1.29 is 9.18 Å². The summed E-state index contributed by atoms with van der Waals surface area (Å²) in [6, 6.07) is 22.6. The van der Waals surface area contributed by atoms with Gasteiger partial charge in [0.1, 0.15) is 5.82 Å². The third kappa shape index (κ3) is 4.29. The van der Waals surface area contributed by atoms with E-state index in [2.05, 4.69) is 44.8 Å².